The van der Waals surface area contributed by atoms with Crippen LogP contribution in [0, 0.1) is 0 Å². The van der Waals surface area contributed by atoms with Gasteiger partial charge in [0, 0.05) is 24.6 Å². The van der Waals surface area contributed by atoms with Gasteiger partial charge in [-0.25, -0.2) is 9.48 Å². The largest absolute Gasteiger partial charge is 0.490 e. The van der Waals surface area contributed by atoms with Crippen LogP contribution >= 0.6 is 0 Å². The molecule has 0 fully saturated rings. The molecule has 2 aromatic rings. The van der Waals surface area contributed by atoms with E-state index in [1.54, 1.807) is 35.2 Å². The van der Waals surface area contributed by atoms with E-state index in [1.165, 1.54) is 13.0 Å². The normalized spacial score (nSPS) is 14.5. The van der Waals surface area contributed by atoms with Crippen molar-refractivity contribution in [3.8, 4) is 11.5 Å². The average Bonchev–Trinajstić information content (AvgIpc) is 3.02. The van der Waals surface area contributed by atoms with E-state index in [4.69, 9.17) is 14.2 Å². The van der Waals surface area contributed by atoms with Crippen molar-refractivity contribution in [2.24, 2.45) is 0 Å². The first-order valence-corrected chi connectivity index (χ1v) is 9.57. The maximum atomic E-state index is 12.3. The summed E-state index contributed by atoms with van der Waals surface area (Å²) in [4.78, 5) is 24.4. The van der Waals surface area contributed by atoms with Crippen molar-refractivity contribution >= 4 is 23.8 Å². The van der Waals surface area contributed by atoms with Crippen molar-refractivity contribution in [1.29, 1.82) is 0 Å². The lowest BCUT2D eigenvalue weighted by Crippen LogP contribution is -2.30. The van der Waals surface area contributed by atoms with Crippen LogP contribution in [0.1, 0.15) is 38.8 Å². The maximum Gasteiger partial charge on any atom is 0.331 e. The van der Waals surface area contributed by atoms with Crippen LogP contribution in [0.15, 0.2) is 36.5 Å². The minimum absolute atomic E-state index is 0.0939. The molecule has 0 radical (unpaired) electrons. The van der Waals surface area contributed by atoms with Crippen LogP contribution in [-0.2, 0) is 14.3 Å². The Hall–Kier alpha value is -3.29. The molecule has 8 nitrogen and oxygen atoms in total. The van der Waals surface area contributed by atoms with Crippen molar-refractivity contribution in [3.05, 3.63) is 42.1 Å². The molecular weight excluding hydrogens is 374 g/mol. The molecule has 3 rings (SSSR count). The number of amides is 1. The molecule has 0 saturated heterocycles. The van der Waals surface area contributed by atoms with E-state index in [9.17, 15) is 9.59 Å². The van der Waals surface area contributed by atoms with E-state index in [-0.39, 0.29) is 6.04 Å². The number of nitrogens with one attached hydrogen (secondary N) is 1. The summed E-state index contributed by atoms with van der Waals surface area (Å²) in [5, 5.41) is 6.87. The second-order valence-electron chi connectivity index (χ2n) is 6.91. The minimum atomic E-state index is -0.952. The number of fused-ring (bicyclic) bond motifs is 1. The molecule has 1 atom stereocenters. The molecule has 0 bridgehead atoms. The standard InChI is InChI=1S/C21H25N3O5/c1-14(2)24-19(9-10-22-24)23-21(26)15(3)29-20(25)8-6-16-5-7-17-18(13-16)28-12-4-11-27-17/h5-10,13-15H,4,11-12H2,1-3H3,(H,23,26)/b8-6+/t15-/m0/s1. The van der Waals surface area contributed by atoms with Gasteiger partial charge in [0.25, 0.3) is 5.91 Å². The Morgan fingerprint density at radius 2 is 1.93 bits per heavy atom. The summed E-state index contributed by atoms with van der Waals surface area (Å²) < 4.78 is 18.1. The molecule has 2 heterocycles. The lowest BCUT2D eigenvalue weighted by Gasteiger charge is -2.15. The van der Waals surface area contributed by atoms with Crippen LogP contribution in [0.2, 0.25) is 0 Å². The molecule has 0 saturated carbocycles. The third-order valence-electron chi connectivity index (χ3n) is 4.26. The summed E-state index contributed by atoms with van der Waals surface area (Å²) >= 11 is 0. The van der Waals surface area contributed by atoms with E-state index < -0.39 is 18.0 Å². The second-order valence-corrected chi connectivity index (χ2v) is 6.91. The summed E-state index contributed by atoms with van der Waals surface area (Å²) in [6.07, 6.45) is 4.36. The molecular formula is C21H25N3O5. The number of rotatable bonds is 6. The smallest absolute Gasteiger partial charge is 0.331 e. The predicted octanol–water partition coefficient (Wildman–Crippen LogP) is 3.21. The Bertz CT molecular complexity index is 903. The number of hydrogen-bond donors (Lipinski definition) is 1. The molecule has 154 valence electrons. The van der Waals surface area contributed by atoms with Gasteiger partial charge in [0.05, 0.1) is 19.4 Å². The zero-order valence-corrected chi connectivity index (χ0v) is 16.8. The van der Waals surface area contributed by atoms with Gasteiger partial charge in [-0.05, 0) is 44.5 Å². The van der Waals surface area contributed by atoms with Gasteiger partial charge in [-0.2, -0.15) is 5.10 Å². The molecule has 0 spiro atoms. The number of hydrogen-bond acceptors (Lipinski definition) is 6. The summed E-state index contributed by atoms with van der Waals surface area (Å²) in [5.41, 5.74) is 0.768. The van der Waals surface area contributed by atoms with Crippen LogP contribution in [0.4, 0.5) is 5.82 Å². The van der Waals surface area contributed by atoms with Crippen molar-refractivity contribution in [2.45, 2.75) is 39.3 Å². The molecule has 1 N–H and O–H groups in total. The molecule has 1 aliphatic heterocycles. The predicted molar refractivity (Wildman–Crippen MR) is 108 cm³/mol. The van der Waals surface area contributed by atoms with E-state index in [2.05, 4.69) is 10.4 Å². The number of ether oxygens (including phenoxy) is 3. The first kappa shape index (κ1) is 20.4. The summed E-state index contributed by atoms with van der Waals surface area (Å²) in [7, 11) is 0. The summed E-state index contributed by atoms with van der Waals surface area (Å²) in [5.74, 6) is 0.846. The lowest BCUT2D eigenvalue weighted by atomic mass is 10.2. The minimum Gasteiger partial charge on any atom is -0.490 e. The number of esters is 1. The van der Waals surface area contributed by atoms with E-state index in [0.29, 0.717) is 30.5 Å². The van der Waals surface area contributed by atoms with Gasteiger partial charge in [-0.1, -0.05) is 6.07 Å². The number of nitrogens with zero attached hydrogens (tertiary/aromatic N) is 2. The highest BCUT2D eigenvalue weighted by molar-refractivity contribution is 5.96. The average molecular weight is 399 g/mol. The Morgan fingerprint density at radius 3 is 2.69 bits per heavy atom. The van der Waals surface area contributed by atoms with E-state index in [1.807, 2.05) is 19.9 Å². The lowest BCUT2D eigenvalue weighted by molar-refractivity contribution is -0.148. The van der Waals surface area contributed by atoms with Crippen molar-refractivity contribution in [3.63, 3.8) is 0 Å². The van der Waals surface area contributed by atoms with Crippen molar-refractivity contribution in [2.75, 3.05) is 18.5 Å². The highest BCUT2D eigenvalue weighted by Gasteiger charge is 2.19. The summed E-state index contributed by atoms with van der Waals surface area (Å²) in [6.45, 7) is 6.63. The third kappa shape index (κ3) is 5.37. The van der Waals surface area contributed by atoms with Gasteiger partial charge in [-0.3, -0.25) is 4.79 Å². The fourth-order valence-electron chi connectivity index (χ4n) is 2.77. The number of carbonyl (C=O) groups excluding carboxylic acids is 2. The Balaban J connectivity index is 1.56. The molecule has 0 aliphatic carbocycles. The third-order valence-corrected chi connectivity index (χ3v) is 4.26. The van der Waals surface area contributed by atoms with Crippen LogP contribution < -0.4 is 14.8 Å². The van der Waals surface area contributed by atoms with Gasteiger partial charge < -0.3 is 19.5 Å². The van der Waals surface area contributed by atoms with Crippen molar-refractivity contribution in [1.82, 2.24) is 9.78 Å². The fraction of sp³-hybridized carbons (Fsp3) is 0.381. The Morgan fingerprint density at radius 1 is 1.17 bits per heavy atom. The highest BCUT2D eigenvalue weighted by Crippen LogP contribution is 2.30. The summed E-state index contributed by atoms with van der Waals surface area (Å²) in [6, 6.07) is 7.21. The van der Waals surface area contributed by atoms with Crippen LogP contribution in [0.3, 0.4) is 0 Å². The van der Waals surface area contributed by atoms with Gasteiger partial charge in [0.1, 0.15) is 5.82 Å². The number of carbonyl (C=O) groups is 2. The fourth-order valence-corrected chi connectivity index (χ4v) is 2.77. The molecule has 0 unspecified atom stereocenters. The van der Waals surface area contributed by atoms with Crippen LogP contribution in [0.5, 0.6) is 11.5 Å². The Kier molecular flexibility index (Phi) is 6.54. The number of anilines is 1. The molecule has 8 heteroatoms. The topological polar surface area (TPSA) is 91.7 Å². The van der Waals surface area contributed by atoms with Gasteiger partial charge in [0.2, 0.25) is 0 Å². The maximum absolute atomic E-state index is 12.3. The van der Waals surface area contributed by atoms with Crippen molar-refractivity contribution < 1.29 is 23.8 Å². The Labute approximate surface area is 169 Å². The molecule has 1 aromatic carbocycles. The monoisotopic (exact) mass is 399 g/mol. The number of benzene rings is 1. The molecule has 1 aromatic heterocycles. The van der Waals surface area contributed by atoms with Crippen LogP contribution in [0.25, 0.3) is 6.08 Å². The molecule has 1 aliphatic rings. The highest BCUT2D eigenvalue weighted by atomic mass is 16.5. The van der Waals surface area contributed by atoms with Gasteiger partial charge >= 0.3 is 5.97 Å². The van der Waals surface area contributed by atoms with E-state index >= 15 is 0 Å². The first-order valence-electron chi connectivity index (χ1n) is 9.57. The van der Waals surface area contributed by atoms with Crippen LogP contribution in [-0.4, -0.2) is 41.0 Å². The zero-order valence-electron chi connectivity index (χ0n) is 16.8. The molecule has 1 amide bonds. The van der Waals surface area contributed by atoms with Gasteiger partial charge in [-0.15, -0.1) is 0 Å². The first-order chi connectivity index (χ1) is 13.9. The van der Waals surface area contributed by atoms with Gasteiger partial charge in [0.15, 0.2) is 17.6 Å². The quantitative estimate of drug-likeness (QED) is 0.592. The molecule has 29 heavy (non-hydrogen) atoms. The number of aromatic nitrogens is 2. The second kappa shape index (κ2) is 9.27. The van der Waals surface area contributed by atoms with E-state index in [0.717, 1.165) is 12.0 Å². The zero-order chi connectivity index (χ0) is 20.8. The SMILES string of the molecule is CC(C)n1nccc1NC(=O)[C@H](C)OC(=O)/C=C/c1ccc2c(c1)OCCCO2.